The Labute approximate surface area is 137 Å². The smallest absolute Gasteiger partial charge is 0.123 e. The van der Waals surface area contributed by atoms with Gasteiger partial charge in [0.1, 0.15) is 11.6 Å². The van der Waals surface area contributed by atoms with Crippen LogP contribution in [0.4, 0.5) is 4.39 Å². The molecule has 0 radical (unpaired) electrons. The van der Waals surface area contributed by atoms with Crippen LogP contribution in [0.5, 0.6) is 5.75 Å². The van der Waals surface area contributed by atoms with E-state index in [2.05, 4.69) is 17.0 Å². The Morgan fingerprint density at radius 1 is 1.09 bits per heavy atom. The van der Waals surface area contributed by atoms with Crippen molar-refractivity contribution in [3.8, 4) is 5.75 Å². The Balaban J connectivity index is 1.52. The number of piperidine rings is 1. The van der Waals surface area contributed by atoms with E-state index in [0.29, 0.717) is 5.92 Å². The lowest BCUT2D eigenvalue weighted by Gasteiger charge is -2.32. The third-order valence-corrected chi connectivity index (χ3v) is 4.77. The molecule has 0 spiro atoms. The predicted octanol–water partition coefficient (Wildman–Crippen LogP) is 4.26. The van der Waals surface area contributed by atoms with Crippen molar-refractivity contribution in [2.45, 2.75) is 25.2 Å². The average molecular weight is 313 g/mol. The molecule has 3 heteroatoms. The van der Waals surface area contributed by atoms with Gasteiger partial charge in [-0.3, -0.25) is 0 Å². The van der Waals surface area contributed by atoms with E-state index >= 15 is 0 Å². The molecule has 2 aromatic carbocycles. The summed E-state index contributed by atoms with van der Waals surface area (Å²) in [6.07, 6.45) is 3.23. The topological polar surface area (TPSA) is 12.5 Å². The second kappa shape index (κ2) is 7.60. The van der Waals surface area contributed by atoms with Crippen molar-refractivity contribution < 1.29 is 9.13 Å². The lowest BCUT2D eigenvalue weighted by Crippen LogP contribution is -2.34. The summed E-state index contributed by atoms with van der Waals surface area (Å²) in [5.74, 6) is 1.44. The van der Waals surface area contributed by atoms with Gasteiger partial charge < -0.3 is 9.64 Å². The quantitative estimate of drug-likeness (QED) is 0.818. The van der Waals surface area contributed by atoms with Crippen LogP contribution in [-0.4, -0.2) is 31.6 Å². The van der Waals surface area contributed by atoms with E-state index in [1.807, 2.05) is 18.2 Å². The second-order valence-electron chi connectivity index (χ2n) is 6.24. The molecule has 0 N–H and O–H groups in total. The number of hydrogen-bond donors (Lipinski definition) is 0. The molecule has 0 amide bonds. The zero-order valence-electron chi connectivity index (χ0n) is 13.7. The Kier molecular flexibility index (Phi) is 5.29. The van der Waals surface area contributed by atoms with Crippen LogP contribution in [-0.2, 0) is 6.42 Å². The van der Waals surface area contributed by atoms with Crippen LogP contribution in [0.25, 0.3) is 0 Å². The fourth-order valence-corrected chi connectivity index (χ4v) is 3.45. The van der Waals surface area contributed by atoms with Gasteiger partial charge in [-0.25, -0.2) is 4.39 Å². The number of halogens is 1. The summed E-state index contributed by atoms with van der Waals surface area (Å²) in [6, 6.07) is 15.3. The number of nitrogens with zero attached hydrogens (tertiary/aromatic N) is 1. The van der Waals surface area contributed by atoms with Crippen molar-refractivity contribution in [3.05, 3.63) is 65.5 Å². The Bertz CT molecular complexity index is 635. The van der Waals surface area contributed by atoms with Gasteiger partial charge in [-0.2, -0.15) is 0 Å². The van der Waals surface area contributed by atoms with Crippen molar-refractivity contribution in [2.75, 3.05) is 26.7 Å². The lowest BCUT2D eigenvalue weighted by atomic mass is 9.88. The van der Waals surface area contributed by atoms with Gasteiger partial charge in [0.05, 0.1) is 7.11 Å². The highest BCUT2D eigenvalue weighted by atomic mass is 19.1. The maximum atomic E-state index is 13.2. The summed E-state index contributed by atoms with van der Waals surface area (Å²) in [5, 5.41) is 0. The molecule has 1 aliphatic heterocycles. The first kappa shape index (κ1) is 16.0. The van der Waals surface area contributed by atoms with Crippen LogP contribution in [0.3, 0.4) is 0 Å². The van der Waals surface area contributed by atoms with E-state index in [-0.39, 0.29) is 5.82 Å². The molecule has 1 aliphatic rings. The summed E-state index contributed by atoms with van der Waals surface area (Å²) in [4.78, 5) is 2.48. The molecule has 3 rings (SSSR count). The van der Waals surface area contributed by atoms with Gasteiger partial charge in [-0.1, -0.05) is 30.3 Å². The number of methoxy groups -OCH3 is 1. The van der Waals surface area contributed by atoms with E-state index in [9.17, 15) is 4.39 Å². The molecule has 1 saturated heterocycles. The van der Waals surface area contributed by atoms with Crippen molar-refractivity contribution in [2.24, 2.45) is 0 Å². The molecule has 0 aromatic heterocycles. The van der Waals surface area contributed by atoms with Gasteiger partial charge in [-0.15, -0.1) is 0 Å². The van der Waals surface area contributed by atoms with E-state index in [0.717, 1.165) is 50.2 Å². The highest BCUT2D eigenvalue weighted by Crippen LogP contribution is 2.33. The lowest BCUT2D eigenvalue weighted by molar-refractivity contribution is 0.213. The molecule has 122 valence electrons. The normalized spacial score (nSPS) is 16.4. The molecule has 0 saturated carbocycles. The van der Waals surface area contributed by atoms with Crippen molar-refractivity contribution in [1.29, 1.82) is 0 Å². The first-order chi connectivity index (χ1) is 11.3. The minimum atomic E-state index is -0.141. The molecular weight excluding hydrogens is 289 g/mol. The molecule has 1 heterocycles. The Morgan fingerprint density at radius 3 is 2.61 bits per heavy atom. The zero-order chi connectivity index (χ0) is 16.1. The Morgan fingerprint density at radius 2 is 1.87 bits per heavy atom. The molecule has 2 aromatic rings. The zero-order valence-corrected chi connectivity index (χ0v) is 13.7. The predicted molar refractivity (Wildman–Crippen MR) is 91.5 cm³/mol. The summed E-state index contributed by atoms with van der Waals surface area (Å²) >= 11 is 0. The highest BCUT2D eigenvalue weighted by molar-refractivity contribution is 5.36. The number of rotatable bonds is 5. The van der Waals surface area contributed by atoms with Crippen LogP contribution in [0.2, 0.25) is 0 Å². The molecule has 0 aliphatic carbocycles. The van der Waals surface area contributed by atoms with Gasteiger partial charge in [0.15, 0.2) is 0 Å². The molecule has 0 unspecified atom stereocenters. The first-order valence-corrected chi connectivity index (χ1v) is 8.36. The fraction of sp³-hybridized carbons (Fsp3) is 0.400. The monoisotopic (exact) mass is 313 g/mol. The number of likely N-dealkylation sites (tertiary alicyclic amines) is 1. The minimum absolute atomic E-state index is 0.141. The summed E-state index contributed by atoms with van der Waals surface area (Å²) in [6.45, 7) is 3.19. The fourth-order valence-electron chi connectivity index (χ4n) is 3.45. The van der Waals surface area contributed by atoms with Crippen molar-refractivity contribution in [1.82, 2.24) is 4.90 Å². The minimum Gasteiger partial charge on any atom is -0.496 e. The van der Waals surface area contributed by atoms with E-state index in [1.54, 1.807) is 19.2 Å². The van der Waals surface area contributed by atoms with E-state index in [1.165, 1.54) is 11.6 Å². The number of hydrogen-bond acceptors (Lipinski definition) is 2. The first-order valence-electron chi connectivity index (χ1n) is 8.36. The molecule has 1 fully saturated rings. The number of ether oxygens (including phenoxy) is 1. The van der Waals surface area contributed by atoms with Crippen LogP contribution in [0, 0.1) is 5.82 Å². The van der Waals surface area contributed by atoms with Crippen molar-refractivity contribution >= 4 is 0 Å². The SMILES string of the molecule is COc1ccccc1C1CCN(CCc2cccc(F)c2)CC1. The van der Waals surface area contributed by atoms with Gasteiger partial charge in [0, 0.05) is 6.54 Å². The summed E-state index contributed by atoms with van der Waals surface area (Å²) in [7, 11) is 1.74. The van der Waals surface area contributed by atoms with Crippen molar-refractivity contribution in [3.63, 3.8) is 0 Å². The van der Waals surface area contributed by atoms with E-state index < -0.39 is 0 Å². The van der Waals surface area contributed by atoms with Gasteiger partial charge in [0.25, 0.3) is 0 Å². The standard InChI is InChI=1S/C20H24FNO/c1-23-20-8-3-2-7-19(20)17-10-13-22(14-11-17)12-9-16-5-4-6-18(21)15-16/h2-8,15,17H,9-14H2,1H3. The molecule has 2 nitrogen and oxygen atoms in total. The maximum Gasteiger partial charge on any atom is 0.123 e. The van der Waals surface area contributed by atoms with Gasteiger partial charge in [-0.05, 0) is 67.6 Å². The summed E-state index contributed by atoms with van der Waals surface area (Å²) in [5.41, 5.74) is 2.41. The number of benzene rings is 2. The van der Waals surface area contributed by atoms with Crippen LogP contribution < -0.4 is 4.74 Å². The third-order valence-electron chi connectivity index (χ3n) is 4.77. The molecule has 23 heavy (non-hydrogen) atoms. The second-order valence-corrected chi connectivity index (χ2v) is 6.24. The van der Waals surface area contributed by atoms with E-state index in [4.69, 9.17) is 4.74 Å². The third kappa shape index (κ3) is 4.11. The van der Waals surface area contributed by atoms with Crippen LogP contribution >= 0.6 is 0 Å². The Hall–Kier alpha value is -1.87. The molecule has 0 atom stereocenters. The maximum absolute atomic E-state index is 13.2. The molecular formula is C20H24FNO. The van der Waals surface area contributed by atoms with Crippen LogP contribution in [0.1, 0.15) is 29.9 Å². The average Bonchev–Trinajstić information content (AvgIpc) is 2.60. The van der Waals surface area contributed by atoms with Gasteiger partial charge in [0.2, 0.25) is 0 Å². The summed E-state index contributed by atoms with van der Waals surface area (Å²) < 4.78 is 18.7. The highest BCUT2D eigenvalue weighted by Gasteiger charge is 2.22. The largest absolute Gasteiger partial charge is 0.496 e. The number of para-hydroxylation sites is 1. The van der Waals surface area contributed by atoms with Gasteiger partial charge >= 0.3 is 0 Å². The molecule has 0 bridgehead atoms. The van der Waals surface area contributed by atoms with Crippen LogP contribution in [0.15, 0.2) is 48.5 Å².